The van der Waals surface area contributed by atoms with E-state index >= 15 is 0 Å². The van der Waals surface area contributed by atoms with E-state index in [1.165, 1.54) is 5.56 Å². The first-order chi connectivity index (χ1) is 6.36. The molecule has 1 rings (SSSR count). The van der Waals surface area contributed by atoms with Crippen molar-refractivity contribution >= 4 is 27.5 Å². The predicted octanol–water partition coefficient (Wildman–Crippen LogP) is 4.41. The van der Waals surface area contributed by atoms with Crippen molar-refractivity contribution in [3.63, 3.8) is 0 Å². The van der Waals surface area contributed by atoms with E-state index < -0.39 is 0 Å². The lowest BCUT2D eigenvalue weighted by Crippen LogP contribution is -2.11. The summed E-state index contributed by atoms with van der Waals surface area (Å²) in [5.74, 6) is 0.780. The molecule has 0 aromatic heterocycles. The van der Waals surface area contributed by atoms with Gasteiger partial charge in [-0.3, -0.25) is 0 Å². The molecule has 0 radical (unpaired) electrons. The van der Waals surface area contributed by atoms with Crippen molar-refractivity contribution in [2.24, 2.45) is 0 Å². The fraction of sp³-hybridized carbons (Fsp3) is 0.455. The molecule has 0 amide bonds. The van der Waals surface area contributed by atoms with Gasteiger partial charge in [0.25, 0.3) is 0 Å². The second-order valence-corrected chi connectivity index (χ2v) is 5.42. The van der Waals surface area contributed by atoms with E-state index in [-0.39, 0.29) is 5.41 Å². The molecule has 0 N–H and O–H groups in total. The zero-order valence-corrected chi connectivity index (χ0v) is 11.2. The number of benzene rings is 1. The van der Waals surface area contributed by atoms with Gasteiger partial charge in [-0.1, -0.05) is 32.4 Å². The molecule has 0 saturated heterocycles. The van der Waals surface area contributed by atoms with E-state index in [0.29, 0.717) is 5.02 Å². The molecule has 0 aliphatic carbocycles. The highest BCUT2D eigenvalue weighted by molar-refractivity contribution is 9.10. The molecule has 0 atom stereocenters. The summed E-state index contributed by atoms with van der Waals surface area (Å²) >= 11 is 9.46. The Balaban J connectivity index is 3.30. The Kier molecular flexibility index (Phi) is 3.49. The van der Waals surface area contributed by atoms with Crippen LogP contribution >= 0.6 is 27.5 Å². The third-order valence-corrected chi connectivity index (χ3v) is 3.43. The van der Waals surface area contributed by atoms with Crippen LogP contribution in [0.2, 0.25) is 5.02 Å². The van der Waals surface area contributed by atoms with Gasteiger partial charge in [0.15, 0.2) is 0 Å². The van der Waals surface area contributed by atoms with E-state index in [4.69, 9.17) is 16.3 Å². The van der Waals surface area contributed by atoms with Crippen molar-refractivity contribution in [1.82, 2.24) is 0 Å². The average molecular weight is 278 g/mol. The summed E-state index contributed by atoms with van der Waals surface area (Å²) in [7, 11) is 1.64. The minimum absolute atomic E-state index is 0.0810. The van der Waals surface area contributed by atoms with Crippen LogP contribution in [0.5, 0.6) is 5.75 Å². The Morgan fingerprint density at radius 1 is 1.29 bits per heavy atom. The molecule has 1 nitrogen and oxygen atoms in total. The molecule has 14 heavy (non-hydrogen) atoms. The first-order valence-electron chi connectivity index (χ1n) is 4.40. The Morgan fingerprint density at radius 2 is 1.86 bits per heavy atom. The summed E-state index contributed by atoms with van der Waals surface area (Å²) < 4.78 is 6.04. The lowest BCUT2D eigenvalue weighted by Gasteiger charge is -2.20. The second kappa shape index (κ2) is 4.11. The van der Waals surface area contributed by atoms with Crippen molar-refractivity contribution in [2.75, 3.05) is 7.11 Å². The molecule has 0 unspecified atom stereocenters. The van der Waals surface area contributed by atoms with Crippen LogP contribution in [0.25, 0.3) is 0 Å². The molecule has 1 aromatic rings. The third-order valence-electron chi connectivity index (χ3n) is 2.08. The SMILES string of the molecule is COc1cc(C(C)(C)C)cc(Cl)c1Br. The van der Waals surface area contributed by atoms with Crippen LogP contribution < -0.4 is 4.74 Å². The van der Waals surface area contributed by atoms with Crippen molar-refractivity contribution < 1.29 is 4.74 Å². The van der Waals surface area contributed by atoms with Gasteiger partial charge in [-0.2, -0.15) is 0 Å². The van der Waals surface area contributed by atoms with E-state index in [2.05, 4.69) is 36.7 Å². The van der Waals surface area contributed by atoms with Crippen LogP contribution in [0.1, 0.15) is 26.3 Å². The number of halogens is 2. The molecule has 78 valence electrons. The quantitative estimate of drug-likeness (QED) is 0.739. The number of hydrogen-bond acceptors (Lipinski definition) is 1. The molecule has 0 aliphatic rings. The van der Waals surface area contributed by atoms with Gasteiger partial charge >= 0.3 is 0 Å². The van der Waals surface area contributed by atoms with Gasteiger partial charge in [-0.15, -0.1) is 0 Å². The van der Waals surface area contributed by atoms with Crippen molar-refractivity contribution in [3.05, 3.63) is 27.2 Å². The fourth-order valence-electron chi connectivity index (χ4n) is 1.15. The summed E-state index contributed by atoms with van der Waals surface area (Å²) in [5, 5.41) is 0.689. The Labute approximate surface area is 98.5 Å². The van der Waals surface area contributed by atoms with Gasteiger partial charge < -0.3 is 4.74 Å². The van der Waals surface area contributed by atoms with Gasteiger partial charge in [0, 0.05) is 0 Å². The highest BCUT2D eigenvalue weighted by atomic mass is 79.9. The van der Waals surface area contributed by atoms with Crippen LogP contribution in [0.3, 0.4) is 0 Å². The Bertz CT molecular complexity index is 342. The summed E-state index contributed by atoms with van der Waals surface area (Å²) in [6.45, 7) is 6.43. The van der Waals surface area contributed by atoms with Crippen LogP contribution in [-0.4, -0.2) is 7.11 Å². The average Bonchev–Trinajstić information content (AvgIpc) is 2.07. The maximum atomic E-state index is 6.08. The molecule has 0 spiro atoms. The second-order valence-electron chi connectivity index (χ2n) is 4.22. The first-order valence-corrected chi connectivity index (χ1v) is 5.57. The number of rotatable bonds is 1. The molecule has 0 bridgehead atoms. The lowest BCUT2D eigenvalue weighted by atomic mass is 9.87. The Hall–Kier alpha value is -0.210. The van der Waals surface area contributed by atoms with E-state index in [0.717, 1.165) is 10.2 Å². The molecule has 0 heterocycles. The molecule has 0 aliphatic heterocycles. The Morgan fingerprint density at radius 3 is 2.29 bits per heavy atom. The van der Waals surface area contributed by atoms with Gasteiger partial charge in [-0.05, 0) is 39.0 Å². The van der Waals surface area contributed by atoms with E-state index in [9.17, 15) is 0 Å². The summed E-state index contributed by atoms with van der Waals surface area (Å²) in [5.41, 5.74) is 1.25. The van der Waals surface area contributed by atoms with Gasteiger partial charge in [0.05, 0.1) is 16.6 Å². The topological polar surface area (TPSA) is 9.23 Å². The summed E-state index contributed by atoms with van der Waals surface area (Å²) in [4.78, 5) is 0. The molecule has 3 heteroatoms. The lowest BCUT2D eigenvalue weighted by molar-refractivity contribution is 0.410. The smallest absolute Gasteiger partial charge is 0.134 e. The van der Waals surface area contributed by atoms with Crippen molar-refractivity contribution in [2.45, 2.75) is 26.2 Å². The summed E-state index contributed by atoms with van der Waals surface area (Å²) in [6, 6.07) is 3.98. The zero-order chi connectivity index (χ0) is 10.9. The highest BCUT2D eigenvalue weighted by Gasteiger charge is 2.17. The zero-order valence-electron chi connectivity index (χ0n) is 8.82. The van der Waals surface area contributed by atoms with Crippen LogP contribution in [-0.2, 0) is 5.41 Å². The van der Waals surface area contributed by atoms with Crippen molar-refractivity contribution in [1.29, 1.82) is 0 Å². The highest BCUT2D eigenvalue weighted by Crippen LogP contribution is 2.37. The number of hydrogen-bond donors (Lipinski definition) is 0. The van der Waals surface area contributed by atoms with Crippen molar-refractivity contribution in [3.8, 4) is 5.75 Å². The largest absolute Gasteiger partial charge is 0.496 e. The molecular weight excluding hydrogens is 263 g/mol. The molecular formula is C11H14BrClO. The van der Waals surface area contributed by atoms with Crippen LogP contribution in [0, 0.1) is 0 Å². The first kappa shape index (κ1) is 11.9. The van der Waals surface area contributed by atoms with Crippen LogP contribution in [0.15, 0.2) is 16.6 Å². The maximum absolute atomic E-state index is 6.08. The molecule has 0 saturated carbocycles. The molecule has 1 aromatic carbocycles. The minimum Gasteiger partial charge on any atom is -0.496 e. The number of methoxy groups -OCH3 is 1. The normalized spacial score (nSPS) is 11.6. The van der Waals surface area contributed by atoms with Crippen LogP contribution in [0.4, 0.5) is 0 Å². The van der Waals surface area contributed by atoms with E-state index in [1.807, 2.05) is 12.1 Å². The van der Waals surface area contributed by atoms with Gasteiger partial charge in [-0.25, -0.2) is 0 Å². The minimum atomic E-state index is 0.0810. The fourth-order valence-corrected chi connectivity index (χ4v) is 1.75. The van der Waals surface area contributed by atoms with Gasteiger partial charge in [0.2, 0.25) is 0 Å². The van der Waals surface area contributed by atoms with E-state index in [1.54, 1.807) is 7.11 Å². The third kappa shape index (κ3) is 2.43. The predicted molar refractivity (Wildman–Crippen MR) is 64.4 cm³/mol. The molecule has 0 fully saturated rings. The summed E-state index contributed by atoms with van der Waals surface area (Å²) in [6.07, 6.45) is 0. The van der Waals surface area contributed by atoms with Gasteiger partial charge in [0.1, 0.15) is 5.75 Å². The monoisotopic (exact) mass is 276 g/mol. The maximum Gasteiger partial charge on any atom is 0.134 e. The standard InChI is InChI=1S/C11H14BrClO/c1-11(2,3)7-5-8(13)10(12)9(6-7)14-4/h5-6H,1-4H3. The number of ether oxygens (including phenoxy) is 1.